The molecule has 0 spiro atoms. The minimum absolute atomic E-state index is 0.0251. The van der Waals surface area contributed by atoms with Gasteiger partial charge in [0.25, 0.3) is 0 Å². The number of amides is 2. The summed E-state index contributed by atoms with van der Waals surface area (Å²) in [4.78, 5) is 25.5. The molecule has 2 amide bonds. The van der Waals surface area contributed by atoms with Crippen molar-refractivity contribution in [1.29, 1.82) is 0 Å². The quantitative estimate of drug-likeness (QED) is 0.714. The van der Waals surface area contributed by atoms with Crippen LogP contribution >= 0.6 is 0 Å². The minimum Gasteiger partial charge on any atom is -0.326 e. The monoisotopic (exact) mass is 356 g/mol. The average molecular weight is 356 g/mol. The first-order valence-corrected chi connectivity index (χ1v) is 8.92. The van der Waals surface area contributed by atoms with Gasteiger partial charge in [-0.1, -0.05) is 48.5 Å². The summed E-state index contributed by atoms with van der Waals surface area (Å²) in [6.45, 7) is 3.64. The van der Waals surface area contributed by atoms with E-state index in [0.717, 1.165) is 39.2 Å². The van der Waals surface area contributed by atoms with Gasteiger partial charge in [-0.3, -0.25) is 9.59 Å². The Morgan fingerprint density at radius 2 is 1.56 bits per heavy atom. The molecule has 4 rings (SSSR count). The number of fused-ring (bicyclic) bond motifs is 3. The summed E-state index contributed by atoms with van der Waals surface area (Å²) >= 11 is 0. The summed E-state index contributed by atoms with van der Waals surface area (Å²) < 4.78 is 0. The Hall–Kier alpha value is -3.40. The number of rotatable bonds is 2. The molecular weight excluding hydrogens is 336 g/mol. The molecule has 4 heteroatoms. The van der Waals surface area contributed by atoms with E-state index in [1.165, 1.54) is 6.92 Å². The van der Waals surface area contributed by atoms with Crippen molar-refractivity contribution in [2.75, 3.05) is 10.2 Å². The highest BCUT2D eigenvalue weighted by Crippen LogP contribution is 2.41. The largest absolute Gasteiger partial charge is 0.326 e. The SMILES string of the molecule is CC(=O)Nc1ccccc1-c1ccc2c(c1)CN(C(C)=O)c1ccccc1-2. The van der Waals surface area contributed by atoms with E-state index in [9.17, 15) is 9.59 Å². The molecule has 1 N–H and O–H groups in total. The number of para-hydroxylation sites is 2. The second kappa shape index (κ2) is 6.72. The van der Waals surface area contributed by atoms with Crippen LogP contribution in [0.25, 0.3) is 22.3 Å². The van der Waals surface area contributed by atoms with E-state index in [4.69, 9.17) is 0 Å². The van der Waals surface area contributed by atoms with Gasteiger partial charge in [0.1, 0.15) is 0 Å². The maximum absolute atomic E-state index is 12.2. The van der Waals surface area contributed by atoms with Crippen LogP contribution in [0.15, 0.2) is 66.7 Å². The predicted octanol–water partition coefficient (Wildman–Crippen LogP) is 4.85. The molecule has 0 atom stereocenters. The third-order valence-corrected chi connectivity index (χ3v) is 4.85. The van der Waals surface area contributed by atoms with E-state index >= 15 is 0 Å². The second-order valence-electron chi connectivity index (χ2n) is 6.72. The number of hydrogen-bond acceptors (Lipinski definition) is 2. The number of nitrogens with zero attached hydrogens (tertiary/aromatic N) is 1. The van der Waals surface area contributed by atoms with Gasteiger partial charge in [-0.25, -0.2) is 0 Å². The van der Waals surface area contributed by atoms with Crippen molar-refractivity contribution in [2.45, 2.75) is 20.4 Å². The first-order valence-electron chi connectivity index (χ1n) is 8.92. The lowest BCUT2D eigenvalue weighted by atomic mass is 9.90. The van der Waals surface area contributed by atoms with Crippen molar-refractivity contribution < 1.29 is 9.59 Å². The standard InChI is InChI=1S/C23H20N2O2/c1-15(26)24-22-9-5-3-7-20(22)17-11-12-19-18(13-17)14-25(16(2)27)23-10-6-4-8-21(19)23/h3-13H,14H2,1-2H3,(H,24,26). The molecule has 0 bridgehead atoms. The maximum atomic E-state index is 12.2. The summed E-state index contributed by atoms with van der Waals surface area (Å²) in [6.07, 6.45) is 0. The van der Waals surface area contributed by atoms with Crippen molar-refractivity contribution in [2.24, 2.45) is 0 Å². The van der Waals surface area contributed by atoms with Crippen LogP contribution in [-0.2, 0) is 16.1 Å². The minimum atomic E-state index is -0.0999. The third-order valence-electron chi connectivity index (χ3n) is 4.85. The Morgan fingerprint density at radius 1 is 0.852 bits per heavy atom. The van der Waals surface area contributed by atoms with E-state index in [0.29, 0.717) is 6.54 Å². The summed E-state index contributed by atoms with van der Waals surface area (Å²) in [7, 11) is 0. The van der Waals surface area contributed by atoms with Crippen LogP contribution in [0.4, 0.5) is 11.4 Å². The molecule has 0 aromatic heterocycles. The van der Waals surface area contributed by atoms with Gasteiger partial charge in [-0.05, 0) is 34.9 Å². The first kappa shape index (κ1) is 17.0. The molecule has 0 unspecified atom stereocenters. The maximum Gasteiger partial charge on any atom is 0.224 e. The van der Waals surface area contributed by atoms with Gasteiger partial charge in [0, 0.05) is 30.7 Å². The fraction of sp³-hybridized carbons (Fsp3) is 0.130. The zero-order valence-corrected chi connectivity index (χ0v) is 15.3. The highest BCUT2D eigenvalue weighted by atomic mass is 16.2. The smallest absolute Gasteiger partial charge is 0.224 e. The van der Waals surface area contributed by atoms with Gasteiger partial charge in [0.2, 0.25) is 11.8 Å². The summed E-state index contributed by atoms with van der Waals surface area (Å²) in [5, 5.41) is 2.89. The van der Waals surface area contributed by atoms with Crippen molar-refractivity contribution >= 4 is 23.2 Å². The number of hydrogen-bond donors (Lipinski definition) is 1. The molecule has 3 aromatic carbocycles. The molecule has 0 radical (unpaired) electrons. The fourth-order valence-corrected chi connectivity index (χ4v) is 3.66. The van der Waals surface area contributed by atoms with Crippen LogP contribution in [0.1, 0.15) is 19.4 Å². The fourth-order valence-electron chi connectivity index (χ4n) is 3.66. The van der Waals surface area contributed by atoms with Crippen LogP contribution in [0.5, 0.6) is 0 Å². The highest BCUT2D eigenvalue weighted by molar-refractivity contribution is 6.00. The molecule has 0 saturated carbocycles. The number of benzene rings is 3. The Bertz CT molecular complexity index is 1060. The van der Waals surface area contributed by atoms with Crippen LogP contribution in [0.3, 0.4) is 0 Å². The Balaban J connectivity index is 1.84. The summed E-state index contributed by atoms with van der Waals surface area (Å²) in [5.41, 5.74) is 7.01. The third kappa shape index (κ3) is 3.10. The topological polar surface area (TPSA) is 49.4 Å². The summed E-state index contributed by atoms with van der Waals surface area (Å²) in [6, 6.07) is 22.0. The Morgan fingerprint density at radius 3 is 2.30 bits per heavy atom. The van der Waals surface area contributed by atoms with Gasteiger partial charge in [0.15, 0.2) is 0 Å². The Kier molecular flexibility index (Phi) is 4.24. The zero-order valence-electron chi connectivity index (χ0n) is 15.3. The Labute approximate surface area is 158 Å². The van der Waals surface area contributed by atoms with Crippen molar-refractivity contribution in [3.05, 3.63) is 72.3 Å². The normalized spacial score (nSPS) is 12.1. The second-order valence-corrected chi connectivity index (χ2v) is 6.72. The number of anilines is 2. The molecule has 3 aromatic rings. The van der Waals surface area contributed by atoms with Gasteiger partial charge in [-0.15, -0.1) is 0 Å². The van der Waals surface area contributed by atoms with Crippen LogP contribution < -0.4 is 10.2 Å². The molecule has 0 saturated heterocycles. The highest BCUT2D eigenvalue weighted by Gasteiger charge is 2.24. The molecule has 27 heavy (non-hydrogen) atoms. The van der Waals surface area contributed by atoms with E-state index in [2.05, 4.69) is 23.5 Å². The van der Waals surface area contributed by atoms with Gasteiger partial charge < -0.3 is 10.2 Å². The molecule has 1 heterocycles. The van der Waals surface area contributed by atoms with E-state index < -0.39 is 0 Å². The van der Waals surface area contributed by atoms with E-state index in [1.807, 2.05) is 48.5 Å². The average Bonchev–Trinajstić information content (AvgIpc) is 2.66. The molecule has 4 nitrogen and oxygen atoms in total. The lowest BCUT2D eigenvalue weighted by molar-refractivity contribution is -0.117. The van der Waals surface area contributed by atoms with Gasteiger partial charge >= 0.3 is 0 Å². The van der Waals surface area contributed by atoms with Crippen molar-refractivity contribution in [3.63, 3.8) is 0 Å². The van der Waals surface area contributed by atoms with Crippen molar-refractivity contribution in [3.8, 4) is 22.3 Å². The van der Waals surface area contributed by atoms with Crippen LogP contribution in [0, 0.1) is 0 Å². The lowest BCUT2D eigenvalue weighted by Gasteiger charge is -2.31. The molecular formula is C23H20N2O2. The van der Waals surface area contributed by atoms with E-state index in [-0.39, 0.29) is 11.8 Å². The van der Waals surface area contributed by atoms with Crippen LogP contribution in [0.2, 0.25) is 0 Å². The molecule has 0 aliphatic carbocycles. The molecule has 1 aliphatic rings. The lowest BCUT2D eigenvalue weighted by Crippen LogP contribution is -2.30. The molecule has 0 fully saturated rings. The zero-order chi connectivity index (χ0) is 19.0. The summed E-state index contributed by atoms with van der Waals surface area (Å²) in [5.74, 6) is -0.0748. The molecule has 134 valence electrons. The number of carbonyl (C=O) groups is 2. The van der Waals surface area contributed by atoms with Crippen molar-refractivity contribution in [1.82, 2.24) is 0 Å². The predicted molar refractivity (Wildman–Crippen MR) is 108 cm³/mol. The van der Waals surface area contributed by atoms with Gasteiger partial charge in [-0.2, -0.15) is 0 Å². The van der Waals surface area contributed by atoms with Gasteiger partial charge in [0.05, 0.1) is 12.2 Å². The molecule has 1 aliphatic heterocycles. The number of nitrogens with one attached hydrogen (secondary N) is 1. The van der Waals surface area contributed by atoms with E-state index in [1.54, 1.807) is 11.8 Å². The first-order chi connectivity index (χ1) is 13.0. The van der Waals surface area contributed by atoms with Crippen LogP contribution in [-0.4, -0.2) is 11.8 Å². The number of carbonyl (C=O) groups excluding carboxylic acids is 2.